The lowest BCUT2D eigenvalue weighted by molar-refractivity contribution is -0.127. The number of carbonyl (C=O) groups excluding carboxylic acids is 2. The third-order valence-corrected chi connectivity index (χ3v) is 5.36. The van der Waals surface area contributed by atoms with Crippen LogP contribution in [0.1, 0.15) is 47.7 Å². The first kappa shape index (κ1) is 21.1. The number of thiophene rings is 1. The van der Waals surface area contributed by atoms with Gasteiger partial charge in [0.15, 0.2) is 5.69 Å². The van der Waals surface area contributed by atoms with Gasteiger partial charge in [-0.1, -0.05) is 22.7 Å². The Balaban J connectivity index is 2.06. The molecule has 1 aromatic carbocycles. The summed E-state index contributed by atoms with van der Waals surface area (Å²) < 4.78 is 17.3. The van der Waals surface area contributed by atoms with E-state index in [0.29, 0.717) is 5.56 Å². The molecule has 3 aromatic rings. The molecule has 6 nitrogen and oxygen atoms in total. The standard InChI is InChI=1S/C20H21FN4O2S2/c1-20(2,3)22-18(26)17(13-6-8-14(21)9-7-13)25(11-15-5-4-10-28-15)19(27)16-12-29-24-23-16/h4-10,12,17H,11H2,1-3H3,(H,22,26)/t17-/m1/s1. The molecule has 2 aromatic heterocycles. The Morgan fingerprint density at radius 2 is 1.93 bits per heavy atom. The quantitative estimate of drug-likeness (QED) is 0.638. The summed E-state index contributed by atoms with van der Waals surface area (Å²) >= 11 is 2.55. The smallest absolute Gasteiger partial charge is 0.276 e. The minimum absolute atomic E-state index is 0.169. The first-order chi connectivity index (χ1) is 13.7. The van der Waals surface area contributed by atoms with Crippen molar-refractivity contribution in [3.63, 3.8) is 0 Å². The number of benzene rings is 1. The highest BCUT2D eigenvalue weighted by atomic mass is 32.1. The molecule has 2 amide bonds. The lowest BCUT2D eigenvalue weighted by Crippen LogP contribution is -2.49. The minimum Gasteiger partial charge on any atom is -0.349 e. The van der Waals surface area contributed by atoms with Crippen LogP contribution in [-0.2, 0) is 11.3 Å². The van der Waals surface area contributed by atoms with Crippen molar-refractivity contribution in [3.8, 4) is 0 Å². The van der Waals surface area contributed by atoms with Crippen LogP contribution in [-0.4, -0.2) is 31.8 Å². The Labute approximate surface area is 176 Å². The maximum atomic E-state index is 13.5. The second-order valence-corrected chi connectivity index (χ2v) is 9.14. The van der Waals surface area contributed by atoms with Crippen molar-refractivity contribution in [2.45, 2.75) is 38.9 Å². The average molecular weight is 433 g/mol. The van der Waals surface area contributed by atoms with Crippen molar-refractivity contribution < 1.29 is 14.0 Å². The fourth-order valence-electron chi connectivity index (χ4n) is 2.81. The first-order valence-corrected chi connectivity index (χ1v) is 10.6. The van der Waals surface area contributed by atoms with Gasteiger partial charge in [0.25, 0.3) is 5.91 Å². The highest BCUT2D eigenvalue weighted by molar-refractivity contribution is 7.09. The molecule has 0 aliphatic carbocycles. The van der Waals surface area contributed by atoms with Crippen molar-refractivity contribution in [2.75, 3.05) is 0 Å². The van der Waals surface area contributed by atoms with E-state index in [4.69, 9.17) is 0 Å². The van der Waals surface area contributed by atoms with E-state index < -0.39 is 23.3 Å². The van der Waals surface area contributed by atoms with Crippen molar-refractivity contribution in [2.24, 2.45) is 0 Å². The van der Waals surface area contributed by atoms with Crippen LogP contribution < -0.4 is 5.32 Å². The molecule has 152 valence electrons. The predicted octanol–water partition coefficient (Wildman–Crippen LogP) is 4.04. The molecule has 1 N–H and O–H groups in total. The second-order valence-electron chi connectivity index (χ2n) is 7.50. The topological polar surface area (TPSA) is 75.2 Å². The molecule has 0 bridgehead atoms. The number of aromatic nitrogens is 2. The molecule has 0 fully saturated rings. The van der Waals surface area contributed by atoms with Crippen LogP contribution in [0, 0.1) is 5.82 Å². The molecule has 0 aliphatic rings. The molecule has 0 saturated carbocycles. The van der Waals surface area contributed by atoms with E-state index in [1.165, 1.54) is 40.5 Å². The van der Waals surface area contributed by atoms with Gasteiger partial charge in [-0.15, -0.1) is 16.4 Å². The number of nitrogens with zero attached hydrogens (tertiary/aromatic N) is 3. The Kier molecular flexibility index (Phi) is 6.39. The van der Waals surface area contributed by atoms with Gasteiger partial charge in [-0.05, 0) is 61.4 Å². The SMILES string of the molecule is CC(C)(C)NC(=O)[C@@H](c1ccc(F)cc1)N(Cc1cccs1)C(=O)c1csnn1. The van der Waals surface area contributed by atoms with Gasteiger partial charge >= 0.3 is 0 Å². The van der Waals surface area contributed by atoms with Crippen LogP contribution in [0.5, 0.6) is 0 Å². The summed E-state index contributed by atoms with van der Waals surface area (Å²) in [6.45, 7) is 5.81. The molecular weight excluding hydrogens is 411 g/mol. The summed E-state index contributed by atoms with van der Waals surface area (Å²) in [6, 6.07) is 8.44. The Bertz CT molecular complexity index is 952. The average Bonchev–Trinajstić information content (AvgIpc) is 3.34. The molecular formula is C20H21FN4O2S2. The van der Waals surface area contributed by atoms with Crippen LogP contribution in [0.15, 0.2) is 47.2 Å². The van der Waals surface area contributed by atoms with E-state index in [9.17, 15) is 14.0 Å². The Hall–Kier alpha value is -2.65. The van der Waals surface area contributed by atoms with Gasteiger partial charge in [-0.3, -0.25) is 9.59 Å². The number of nitrogens with one attached hydrogen (secondary N) is 1. The fourth-order valence-corrected chi connectivity index (χ4v) is 3.94. The van der Waals surface area contributed by atoms with Gasteiger partial charge in [0.2, 0.25) is 5.91 Å². The normalized spacial score (nSPS) is 12.4. The van der Waals surface area contributed by atoms with E-state index in [2.05, 4.69) is 14.9 Å². The Morgan fingerprint density at radius 3 is 2.48 bits per heavy atom. The van der Waals surface area contributed by atoms with E-state index in [1.54, 1.807) is 5.38 Å². The van der Waals surface area contributed by atoms with E-state index in [1.807, 2.05) is 38.3 Å². The fraction of sp³-hybridized carbons (Fsp3) is 0.300. The van der Waals surface area contributed by atoms with Crippen LogP contribution in [0.25, 0.3) is 0 Å². The van der Waals surface area contributed by atoms with Crippen molar-refractivity contribution in [1.29, 1.82) is 0 Å². The molecule has 2 heterocycles. The maximum absolute atomic E-state index is 13.5. The highest BCUT2D eigenvalue weighted by Crippen LogP contribution is 2.27. The molecule has 0 radical (unpaired) electrons. The van der Waals surface area contributed by atoms with Crippen LogP contribution in [0.3, 0.4) is 0 Å². The van der Waals surface area contributed by atoms with Crippen LogP contribution in [0.4, 0.5) is 4.39 Å². The van der Waals surface area contributed by atoms with Gasteiger partial charge in [0.05, 0.1) is 6.54 Å². The van der Waals surface area contributed by atoms with Crippen molar-refractivity contribution in [1.82, 2.24) is 19.8 Å². The van der Waals surface area contributed by atoms with Gasteiger partial charge in [0.1, 0.15) is 11.9 Å². The molecule has 9 heteroatoms. The third-order valence-electron chi connectivity index (χ3n) is 3.99. The zero-order chi connectivity index (χ0) is 21.0. The van der Waals surface area contributed by atoms with Crippen LogP contribution >= 0.6 is 22.9 Å². The summed E-state index contributed by atoms with van der Waals surface area (Å²) in [5.74, 6) is -1.17. The summed E-state index contributed by atoms with van der Waals surface area (Å²) in [5, 5.41) is 10.3. The summed E-state index contributed by atoms with van der Waals surface area (Å²) in [5.41, 5.74) is 0.179. The van der Waals surface area contributed by atoms with Gasteiger partial charge < -0.3 is 10.2 Å². The van der Waals surface area contributed by atoms with Crippen molar-refractivity contribution in [3.05, 3.63) is 69.1 Å². The van der Waals surface area contributed by atoms with Crippen molar-refractivity contribution >= 4 is 34.7 Å². The number of amides is 2. The van der Waals surface area contributed by atoms with E-state index in [-0.39, 0.29) is 18.1 Å². The lowest BCUT2D eigenvalue weighted by Gasteiger charge is -2.33. The molecule has 0 saturated heterocycles. The van der Waals surface area contributed by atoms with Gasteiger partial charge in [0, 0.05) is 15.8 Å². The zero-order valence-corrected chi connectivity index (χ0v) is 17.9. The van der Waals surface area contributed by atoms with Crippen LogP contribution in [0.2, 0.25) is 0 Å². The molecule has 1 atom stereocenters. The second kappa shape index (κ2) is 8.79. The number of rotatable bonds is 6. The third kappa shape index (κ3) is 5.45. The summed E-state index contributed by atoms with van der Waals surface area (Å²) in [4.78, 5) is 28.9. The Morgan fingerprint density at radius 1 is 1.21 bits per heavy atom. The predicted molar refractivity (Wildman–Crippen MR) is 111 cm³/mol. The number of hydrogen-bond acceptors (Lipinski definition) is 6. The van der Waals surface area contributed by atoms with E-state index >= 15 is 0 Å². The van der Waals surface area contributed by atoms with E-state index in [0.717, 1.165) is 16.4 Å². The molecule has 0 aliphatic heterocycles. The monoisotopic (exact) mass is 432 g/mol. The first-order valence-electron chi connectivity index (χ1n) is 8.92. The lowest BCUT2D eigenvalue weighted by atomic mass is 10.0. The molecule has 0 unspecified atom stereocenters. The van der Waals surface area contributed by atoms with Gasteiger partial charge in [-0.2, -0.15) is 0 Å². The molecule has 0 spiro atoms. The molecule has 3 rings (SSSR count). The number of carbonyl (C=O) groups is 2. The van der Waals surface area contributed by atoms with Gasteiger partial charge in [-0.25, -0.2) is 4.39 Å². The zero-order valence-electron chi connectivity index (χ0n) is 16.3. The highest BCUT2D eigenvalue weighted by Gasteiger charge is 2.34. The molecule has 29 heavy (non-hydrogen) atoms. The number of halogens is 1. The number of hydrogen-bond donors (Lipinski definition) is 1. The summed E-state index contributed by atoms with van der Waals surface area (Å²) in [7, 11) is 0. The largest absolute Gasteiger partial charge is 0.349 e. The maximum Gasteiger partial charge on any atom is 0.276 e. The minimum atomic E-state index is -0.953. The summed E-state index contributed by atoms with van der Waals surface area (Å²) in [6.07, 6.45) is 0.